The Bertz CT molecular complexity index is 1050. The SMILES string of the molecule is CN(Cc1ccccc1)C(CNC(=O)Nc1cccc(C(=O)NCc2cccs2)c1)C1CC1. The molecule has 3 amide bonds. The highest BCUT2D eigenvalue weighted by atomic mass is 32.1. The van der Waals surface area contributed by atoms with E-state index in [-0.39, 0.29) is 11.9 Å². The van der Waals surface area contributed by atoms with Gasteiger partial charge in [0.25, 0.3) is 5.91 Å². The third kappa shape index (κ3) is 6.91. The number of carbonyl (C=O) groups is 2. The van der Waals surface area contributed by atoms with E-state index in [9.17, 15) is 9.59 Å². The van der Waals surface area contributed by atoms with Gasteiger partial charge in [0.1, 0.15) is 0 Å². The van der Waals surface area contributed by atoms with Gasteiger partial charge in [0.05, 0.1) is 6.54 Å². The summed E-state index contributed by atoms with van der Waals surface area (Å²) in [6, 6.07) is 21.4. The Kier molecular flexibility index (Phi) is 7.75. The van der Waals surface area contributed by atoms with E-state index in [0.29, 0.717) is 36.3 Å². The van der Waals surface area contributed by atoms with Crippen LogP contribution < -0.4 is 16.0 Å². The summed E-state index contributed by atoms with van der Waals surface area (Å²) in [6.45, 7) is 1.93. The fourth-order valence-corrected chi connectivity index (χ4v) is 4.59. The molecule has 0 spiro atoms. The second kappa shape index (κ2) is 11.1. The van der Waals surface area contributed by atoms with Gasteiger partial charge in [0.15, 0.2) is 0 Å². The van der Waals surface area contributed by atoms with E-state index < -0.39 is 0 Å². The first-order valence-electron chi connectivity index (χ1n) is 11.3. The van der Waals surface area contributed by atoms with Crippen molar-refractivity contribution in [3.8, 4) is 0 Å². The van der Waals surface area contributed by atoms with Gasteiger partial charge in [0, 0.05) is 35.3 Å². The van der Waals surface area contributed by atoms with Crippen molar-refractivity contribution in [2.24, 2.45) is 5.92 Å². The van der Waals surface area contributed by atoms with Crippen molar-refractivity contribution in [2.45, 2.75) is 32.0 Å². The van der Waals surface area contributed by atoms with Crippen LogP contribution in [0.15, 0.2) is 72.1 Å². The lowest BCUT2D eigenvalue weighted by Gasteiger charge is -2.28. The molecular weight excluding hydrogens is 432 g/mol. The molecule has 7 heteroatoms. The molecule has 1 saturated carbocycles. The van der Waals surface area contributed by atoms with Crippen molar-refractivity contribution in [3.63, 3.8) is 0 Å². The van der Waals surface area contributed by atoms with Gasteiger partial charge in [-0.25, -0.2) is 4.79 Å². The van der Waals surface area contributed by atoms with Crippen molar-refractivity contribution in [3.05, 3.63) is 88.1 Å². The first kappa shape index (κ1) is 23.0. The molecule has 0 bridgehead atoms. The van der Waals surface area contributed by atoms with Crippen molar-refractivity contribution in [1.29, 1.82) is 0 Å². The van der Waals surface area contributed by atoms with E-state index in [2.05, 4.69) is 52.2 Å². The highest BCUT2D eigenvalue weighted by Crippen LogP contribution is 2.35. The summed E-state index contributed by atoms with van der Waals surface area (Å²) in [7, 11) is 2.12. The molecule has 1 heterocycles. The minimum Gasteiger partial charge on any atom is -0.347 e. The van der Waals surface area contributed by atoms with Crippen LogP contribution in [0.5, 0.6) is 0 Å². The second-order valence-electron chi connectivity index (χ2n) is 8.48. The number of benzene rings is 2. The molecule has 6 nitrogen and oxygen atoms in total. The number of nitrogens with one attached hydrogen (secondary N) is 3. The van der Waals surface area contributed by atoms with Crippen LogP contribution in [-0.4, -0.2) is 36.5 Å². The molecule has 1 unspecified atom stereocenters. The Morgan fingerprint density at radius 2 is 1.85 bits per heavy atom. The predicted octanol–water partition coefficient (Wildman–Crippen LogP) is 4.71. The number of rotatable bonds is 10. The van der Waals surface area contributed by atoms with Crippen molar-refractivity contribution < 1.29 is 9.59 Å². The minimum atomic E-state index is -0.259. The summed E-state index contributed by atoms with van der Waals surface area (Å²) < 4.78 is 0. The van der Waals surface area contributed by atoms with Crippen LogP contribution in [0.25, 0.3) is 0 Å². The van der Waals surface area contributed by atoms with Crippen molar-refractivity contribution in [2.75, 3.05) is 18.9 Å². The molecule has 1 atom stereocenters. The standard InChI is InChI=1S/C26H30N4O2S/c1-30(18-19-7-3-2-4-8-19)24(20-12-13-20)17-28-26(32)29-22-10-5-9-21(15-22)25(31)27-16-23-11-6-14-33-23/h2-11,14-15,20,24H,12-13,16-18H2,1H3,(H,27,31)(H2,28,29,32). The molecule has 3 N–H and O–H groups in total. The van der Waals surface area contributed by atoms with Crippen LogP contribution in [0.4, 0.5) is 10.5 Å². The molecule has 3 aromatic rings. The third-order valence-electron chi connectivity index (χ3n) is 5.86. The van der Waals surface area contributed by atoms with Crippen LogP contribution >= 0.6 is 11.3 Å². The van der Waals surface area contributed by atoms with E-state index in [1.165, 1.54) is 18.4 Å². The maximum atomic E-state index is 12.6. The zero-order valence-electron chi connectivity index (χ0n) is 18.8. The molecule has 0 aliphatic heterocycles. The van der Waals surface area contributed by atoms with Gasteiger partial charge in [-0.2, -0.15) is 0 Å². The average molecular weight is 463 g/mol. The Labute approximate surface area is 199 Å². The van der Waals surface area contributed by atoms with E-state index in [0.717, 1.165) is 11.4 Å². The van der Waals surface area contributed by atoms with Crippen LogP contribution in [0.3, 0.4) is 0 Å². The van der Waals surface area contributed by atoms with Gasteiger partial charge in [-0.3, -0.25) is 9.69 Å². The fourth-order valence-electron chi connectivity index (χ4n) is 3.95. The molecule has 1 aliphatic rings. The number of carbonyl (C=O) groups excluding carboxylic acids is 2. The second-order valence-corrected chi connectivity index (χ2v) is 9.52. The molecule has 2 aromatic carbocycles. The zero-order valence-corrected chi connectivity index (χ0v) is 19.6. The largest absolute Gasteiger partial charge is 0.347 e. The number of amides is 3. The van der Waals surface area contributed by atoms with E-state index in [1.54, 1.807) is 35.6 Å². The summed E-state index contributed by atoms with van der Waals surface area (Å²) in [5.74, 6) is 0.457. The van der Waals surface area contributed by atoms with Gasteiger partial charge in [0.2, 0.25) is 0 Å². The highest BCUT2D eigenvalue weighted by molar-refractivity contribution is 7.09. The topological polar surface area (TPSA) is 73.5 Å². The maximum Gasteiger partial charge on any atom is 0.319 e. The number of nitrogens with zero attached hydrogens (tertiary/aromatic N) is 1. The van der Waals surface area contributed by atoms with Crippen LogP contribution in [0.2, 0.25) is 0 Å². The lowest BCUT2D eigenvalue weighted by atomic mass is 10.1. The van der Waals surface area contributed by atoms with Gasteiger partial charge in [-0.1, -0.05) is 42.5 Å². The monoisotopic (exact) mass is 462 g/mol. The summed E-state index contributed by atoms with van der Waals surface area (Å²) in [5, 5.41) is 10.8. The lowest BCUT2D eigenvalue weighted by molar-refractivity contribution is 0.0951. The quantitative estimate of drug-likeness (QED) is 0.409. The molecule has 33 heavy (non-hydrogen) atoms. The fraction of sp³-hybridized carbons (Fsp3) is 0.308. The normalized spacial score (nSPS) is 14.0. The van der Waals surface area contributed by atoms with Crippen LogP contribution in [-0.2, 0) is 13.1 Å². The number of anilines is 1. The molecule has 1 aromatic heterocycles. The van der Waals surface area contributed by atoms with E-state index in [1.807, 2.05) is 23.6 Å². The van der Waals surface area contributed by atoms with E-state index in [4.69, 9.17) is 0 Å². The summed E-state index contributed by atoms with van der Waals surface area (Å²) in [4.78, 5) is 28.4. The minimum absolute atomic E-state index is 0.163. The van der Waals surface area contributed by atoms with Gasteiger partial charge in [-0.05, 0) is 61.0 Å². The van der Waals surface area contributed by atoms with Crippen molar-refractivity contribution >= 4 is 29.0 Å². The number of likely N-dealkylation sites (N-methyl/N-ethyl adjacent to an activating group) is 1. The molecule has 172 valence electrons. The first-order valence-corrected chi connectivity index (χ1v) is 12.2. The Morgan fingerprint density at radius 3 is 2.58 bits per heavy atom. The zero-order chi connectivity index (χ0) is 23.0. The molecule has 1 aliphatic carbocycles. The number of hydrogen-bond acceptors (Lipinski definition) is 4. The summed E-state index contributed by atoms with van der Waals surface area (Å²) in [6.07, 6.45) is 2.41. The van der Waals surface area contributed by atoms with Gasteiger partial charge >= 0.3 is 6.03 Å². The number of urea groups is 1. The third-order valence-corrected chi connectivity index (χ3v) is 6.74. The maximum absolute atomic E-state index is 12.6. The summed E-state index contributed by atoms with van der Waals surface area (Å²) in [5.41, 5.74) is 2.38. The highest BCUT2D eigenvalue weighted by Gasteiger charge is 2.34. The number of thiophene rings is 1. The Morgan fingerprint density at radius 1 is 1.03 bits per heavy atom. The summed E-state index contributed by atoms with van der Waals surface area (Å²) >= 11 is 1.60. The Hall–Kier alpha value is -3.16. The molecule has 4 rings (SSSR count). The van der Waals surface area contributed by atoms with Crippen LogP contribution in [0.1, 0.15) is 33.6 Å². The number of hydrogen-bond donors (Lipinski definition) is 3. The molecule has 0 radical (unpaired) electrons. The smallest absolute Gasteiger partial charge is 0.319 e. The lowest BCUT2D eigenvalue weighted by Crippen LogP contribution is -2.44. The molecular formula is C26H30N4O2S. The van der Waals surface area contributed by atoms with Gasteiger partial charge < -0.3 is 16.0 Å². The van der Waals surface area contributed by atoms with Crippen molar-refractivity contribution in [1.82, 2.24) is 15.5 Å². The Balaban J connectivity index is 1.28. The predicted molar refractivity (Wildman–Crippen MR) is 133 cm³/mol. The molecule has 1 fully saturated rings. The van der Waals surface area contributed by atoms with Gasteiger partial charge in [-0.15, -0.1) is 11.3 Å². The van der Waals surface area contributed by atoms with E-state index >= 15 is 0 Å². The first-order chi connectivity index (χ1) is 16.1. The molecule has 0 saturated heterocycles. The van der Waals surface area contributed by atoms with Crippen LogP contribution in [0, 0.1) is 5.92 Å². The average Bonchev–Trinajstić information content (AvgIpc) is 3.52.